The summed E-state index contributed by atoms with van der Waals surface area (Å²) < 4.78 is 26.6. The topological polar surface area (TPSA) is 49.3 Å². The average Bonchev–Trinajstić information content (AvgIpc) is 3.26. The zero-order chi connectivity index (χ0) is 33.5. The third kappa shape index (κ3) is 7.15. The van der Waals surface area contributed by atoms with Crippen LogP contribution in [0.3, 0.4) is 0 Å². The summed E-state index contributed by atoms with van der Waals surface area (Å²) >= 11 is 3.78. The molecule has 1 aliphatic heterocycles. The second-order valence-electron chi connectivity index (χ2n) is 12.7. The van der Waals surface area contributed by atoms with Crippen molar-refractivity contribution in [2.24, 2.45) is 4.99 Å². The van der Waals surface area contributed by atoms with Crippen LogP contribution in [0.2, 0.25) is 0 Å². The molecule has 6 rings (SSSR count). The molecule has 0 radical (unpaired) electrons. The van der Waals surface area contributed by atoms with Crippen LogP contribution >= 0.6 is 15.9 Å². The van der Waals surface area contributed by atoms with Gasteiger partial charge in [0.25, 0.3) is 0 Å². The molecule has 6 heteroatoms. The summed E-state index contributed by atoms with van der Waals surface area (Å²) in [4.78, 5) is 5.27. The molecule has 0 unspecified atom stereocenters. The third-order valence-corrected chi connectivity index (χ3v) is 9.54. The standard InChI is InChI=1S/C42H48BrNO4/c1-5-19-45-39-28-11-9-13-30(39)24-32-15-17-34-35(41(32)47-21-7-3)26-36-37(44-38(34)27-43)18-16-33(42(36)48-22-8-4)25-31-14-10-12-29(23-28)40(31)46-20-6-2/h9-18H,5-8,19-27H2,1-4H3. The molecular weight excluding hydrogens is 662 g/mol. The van der Waals surface area contributed by atoms with Gasteiger partial charge in [0.15, 0.2) is 0 Å². The van der Waals surface area contributed by atoms with Gasteiger partial charge >= 0.3 is 0 Å². The highest BCUT2D eigenvalue weighted by molar-refractivity contribution is 9.09. The van der Waals surface area contributed by atoms with Crippen molar-refractivity contribution in [3.8, 4) is 23.0 Å². The van der Waals surface area contributed by atoms with Crippen molar-refractivity contribution in [2.75, 3.05) is 31.8 Å². The number of ether oxygens (including phenoxy) is 4. The number of aliphatic imine (C=N–C) groups is 1. The minimum Gasteiger partial charge on any atom is -0.493 e. The van der Waals surface area contributed by atoms with Gasteiger partial charge in [-0.05, 0) is 65.1 Å². The minimum absolute atomic E-state index is 0.638. The van der Waals surface area contributed by atoms with E-state index in [2.05, 4.69) is 104 Å². The second kappa shape index (κ2) is 16.1. The number of halogens is 1. The minimum atomic E-state index is 0.638. The van der Waals surface area contributed by atoms with E-state index in [1.807, 2.05) is 0 Å². The van der Waals surface area contributed by atoms with Gasteiger partial charge < -0.3 is 18.9 Å². The van der Waals surface area contributed by atoms with Gasteiger partial charge in [0, 0.05) is 47.7 Å². The molecule has 8 bridgehead atoms. The number of rotatable bonds is 13. The molecule has 4 aromatic rings. The summed E-state index contributed by atoms with van der Waals surface area (Å²) in [7, 11) is 0. The van der Waals surface area contributed by atoms with Gasteiger partial charge in [-0.1, -0.05) is 98.2 Å². The van der Waals surface area contributed by atoms with E-state index in [0.717, 1.165) is 94.3 Å². The van der Waals surface area contributed by atoms with Crippen LogP contribution in [0.15, 0.2) is 65.7 Å². The Morgan fingerprint density at radius 3 is 1.38 bits per heavy atom. The maximum Gasteiger partial charge on any atom is 0.128 e. The van der Waals surface area contributed by atoms with Crippen molar-refractivity contribution in [3.05, 3.63) is 111 Å². The fraction of sp³-hybridized carbons (Fsp3) is 0.405. The van der Waals surface area contributed by atoms with Gasteiger partial charge in [-0.15, -0.1) is 0 Å². The van der Waals surface area contributed by atoms with Gasteiger partial charge in [0.2, 0.25) is 0 Å². The maximum atomic E-state index is 6.73. The summed E-state index contributed by atoms with van der Waals surface area (Å²) in [5.41, 5.74) is 12.3. The Balaban J connectivity index is 1.65. The van der Waals surface area contributed by atoms with Crippen molar-refractivity contribution in [3.63, 3.8) is 0 Å². The lowest BCUT2D eigenvalue weighted by Gasteiger charge is -2.23. The summed E-state index contributed by atoms with van der Waals surface area (Å²) in [5.74, 6) is 3.84. The Kier molecular flexibility index (Phi) is 11.4. The molecule has 0 saturated heterocycles. The largest absolute Gasteiger partial charge is 0.493 e. The first-order valence-corrected chi connectivity index (χ1v) is 18.9. The van der Waals surface area contributed by atoms with Crippen molar-refractivity contribution in [2.45, 2.75) is 79.1 Å². The normalized spacial score (nSPS) is 13.2. The molecule has 252 valence electrons. The Hall–Kier alpha value is -3.77. The van der Waals surface area contributed by atoms with E-state index in [1.165, 1.54) is 22.3 Å². The Morgan fingerprint density at radius 2 is 0.917 bits per heavy atom. The van der Waals surface area contributed by atoms with E-state index in [-0.39, 0.29) is 0 Å². The van der Waals surface area contributed by atoms with E-state index in [9.17, 15) is 0 Å². The monoisotopic (exact) mass is 709 g/mol. The van der Waals surface area contributed by atoms with E-state index in [4.69, 9.17) is 23.9 Å². The van der Waals surface area contributed by atoms with Crippen LogP contribution in [-0.4, -0.2) is 37.5 Å². The van der Waals surface area contributed by atoms with Crippen molar-refractivity contribution in [1.29, 1.82) is 0 Å². The first-order valence-electron chi connectivity index (χ1n) is 17.8. The number of hydrogen-bond donors (Lipinski definition) is 0. The Morgan fingerprint density at radius 1 is 0.500 bits per heavy atom. The number of hydrogen-bond acceptors (Lipinski definition) is 5. The summed E-state index contributed by atoms with van der Waals surface area (Å²) in [6.45, 7) is 11.2. The summed E-state index contributed by atoms with van der Waals surface area (Å²) in [5, 5.41) is 0.640. The number of para-hydroxylation sites is 2. The van der Waals surface area contributed by atoms with Crippen molar-refractivity contribution < 1.29 is 18.9 Å². The molecule has 0 aromatic heterocycles. The molecule has 0 atom stereocenters. The van der Waals surface area contributed by atoms with Crippen molar-refractivity contribution >= 4 is 27.3 Å². The second-order valence-corrected chi connectivity index (χ2v) is 13.3. The molecule has 1 heterocycles. The van der Waals surface area contributed by atoms with E-state index < -0.39 is 0 Å². The molecular formula is C42H48BrNO4. The van der Waals surface area contributed by atoms with Crippen LogP contribution < -0.4 is 18.9 Å². The highest BCUT2D eigenvalue weighted by atomic mass is 79.9. The van der Waals surface area contributed by atoms with Gasteiger partial charge in [-0.3, -0.25) is 4.99 Å². The lowest BCUT2D eigenvalue weighted by Crippen LogP contribution is -2.12. The number of fused-ring (bicyclic) bond motifs is 6. The van der Waals surface area contributed by atoms with Crippen LogP contribution in [0.5, 0.6) is 23.0 Å². The molecule has 48 heavy (non-hydrogen) atoms. The molecule has 5 nitrogen and oxygen atoms in total. The third-order valence-electron chi connectivity index (χ3n) is 9.01. The Labute approximate surface area is 294 Å². The molecule has 1 aliphatic carbocycles. The lowest BCUT2D eigenvalue weighted by atomic mass is 9.89. The van der Waals surface area contributed by atoms with E-state index >= 15 is 0 Å². The zero-order valence-corrected chi connectivity index (χ0v) is 30.5. The number of nitrogens with zero attached hydrogens (tertiary/aromatic N) is 1. The first-order chi connectivity index (χ1) is 23.6. The van der Waals surface area contributed by atoms with E-state index in [0.29, 0.717) is 51.0 Å². The van der Waals surface area contributed by atoms with Gasteiger partial charge in [-0.2, -0.15) is 0 Å². The SMILES string of the molecule is CCCOc1c2cccc1Cc1ccc3c(c1OCCC)Cc1c(ccc(c1OCCC)Cc1cccc(c1OCCC)C2)C(CBr)=N3. The number of alkyl halides is 1. The fourth-order valence-corrected chi connectivity index (χ4v) is 7.25. The van der Waals surface area contributed by atoms with Crippen molar-refractivity contribution in [1.82, 2.24) is 0 Å². The molecule has 0 amide bonds. The maximum absolute atomic E-state index is 6.73. The summed E-state index contributed by atoms with van der Waals surface area (Å²) in [6, 6.07) is 22.0. The van der Waals surface area contributed by atoms with Gasteiger partial charge in [0.05, 0.1) is 37.8 Å². The van der Waals surface area contributed by atoms with Gasteiger partial charge in [0.1, 0.15) is 23.0 Å². The highest BCUT2D eigenvalue weighted by Gasteiger charge is 2.27. The quantitative estimate of drug-likeness (QED) is 0.114. The van der Waals surface area contributed by atoms with Crippen LogP contribution in [0.1, 0.15) is 103 Å². The van der Waals surface area contributed by atoms with Crippen LogP contribution in [0.4, 0.5) is 5.69 Å². The predicted octanol–water partition coefficient (Wildman–Crippen LogP) is 10.3. The lowest BCUT2D eigenvalue weighted by molar-refractivity contribution is 0.305. The van der Waals surface area contributed by atoms with Gasteiger partial charge in [-0.25, -0.2) is 0 Å². The van der Waals surface area contributed by atoms with Crippen LogP contribution in [-0.2, 0) is 25.7 Å². The predicted molar refractivity (Wildman–Crippen MR) is 200 cm³/mol. The zero-order valence-electron chi connectivity index (χ0n) is 28.9. The number of benzene rings is 4. The molecule has 4 aromatic carbocycles. The molecule has 0 spiro atoms. The Bertz CT molecular complexity index is 1780. The van der Waals surface area contributed by atoms with Crippen LogP contribution in [0, 0.1) is 0 Å². The average molecular weight is 711 g/mol. The smallest absolute Gasteiger partial charge is 0.128 e. The highest BCUT2D eigenvalue weighted by Crippen LogP contribution is 2.44. The molecule has 0 N–H and O–H groups in total. The molecule has 0 saturated carbocycles. The van der Waals surface area contributed by atoms with E-state index in [1.54, 1.807) is 0 Å². The molecule has 0 fully saturated rings. The summed E-state index contributed by atoms with van der Waals surface area (Å²) in [6.07, 6.45) is 6.51. The fourth-order valence-electron chi connectivity index (χ4n) is 6.82. The first kappa shape index (κ1) is 34.1. The molecule has 2 aliphatic rings. The van der Waals surface area contributed by atoms with Crippen LogP contribution in [0.25, 0.3) is 0 Å².